The summed E-state index contributed by atoms with van der Waals surface area (Å²) < 4.78 is 6.29. The molecule has 1 aliphatic heterocycles. The molecule has 0 unspecified atom stereocenters. The average Bonchev–Trinajstić information content (AvgIpc) is 2.46. The van der Waals surface area contributed by atoms with Gasteiger partial charge in [0.2, 0.25) is 0 Å². The van der Waals surface area contributed by atoms with Gasteiger partial charge in [0, 0.05) is 25.3 Å². The molecule has 2 nitrogen and oxygen atoms in total. The van der Waals surface area contributed by atoms with E-state index in [-0.39, 0.29) is 0 Å². The van der Waals surface area contributed by atoms with Crippen LogP contribution >= 0.6 is 15.9 Å². The molecule has 0 radical (unpaired) electrons. The summed E-state index contributed by atoms with van der Waals surface area (Å²) in [6.07, 6.45) is 1.13. The predicted molar refractivity (Wildman–Crippen MR) is 57.7 cm³/mol. The van der Waals surface area contributed by atoms with Crippen molar-refractivity contribution in [3.05, 3.63) is 22.2 Å². The third-order valence-electron chi connectivity index (χ3n) is 2.48. The molecular weight excluding hydrogens is 230 g/mol. The van der Waals surface area contributed by atoms with E-state index >= 15 is 0 Å². The highest BCUT2D eigenvalue weighted by Gasteiger charge is 2.17. The second-order valence-electron chi connectivity index (χ2n) is 3.29. The molecule has 0 saturated heterocycles. The molecule has 1 aliphatic rings. The Labute approximate surface area is 86.6 Å². The van der Waals surface area contributed by atoms with Crippen molar-refractivity contribution in [3.8, 4) is 5.75 Å². The van der Waals surface area contributed by atoms with Crippen LogP contribution in [0.2, 0.25) is 0 Å². The number of rotatable bonds is 1. The molecule has 0 N–H and O–H groups in total. The Morgan fingerprint density at radius 3 is 2.92 bits per heavy atom. The Bertz CT molecular complexity index is 338. The van der Waals surface area contributed by atoms with Crippen LogP contribution in [-0.4, -0.2) is 20.7 Å². The first-order chi connectivity index (χ1) is 6.22. The van der Waals surface area contributed by atoms with Gasteiger partial charge in [-0.15, -0.1) is 0 Å². The lowest BCUT2D eigenvalue weighted by molar-refractivity contribution is 0.412. The fourth-order valence-corrected chi connectivity index (χ4v) is 2.26. The number of anilines is 1. The largest absolute Gasteiger partial charge is 0.495 e. The van der Waals surface area contributed by atoms with E-state index in [2.05, 4.69) is 40.0 Å². The standard InChI is InChI=1S/C10H12BrNO/c1-12-4-3-7-5-8(11)10(13-2)6-9(7)12/h5-6H,3-4H2,1-2H3. The van der Waals surface area contributed by atoms with E-state index in [9.17, 15) is 0 Å². The zero-order valence-corrected chi connectivity index (χ0v) is 9.39. The molecule has 0 atom stereocenters. The van der Waals surface area contributed by atoms with Gasteiger partial charge in [-0.1, -0.05) is 0 Å². The fraction of sp³-hybridized carbons (Fsp3) is 0.400. The summed E-state index contributed by atoms with van der Waals surface area (Å²) in [5.41, 5.74) is 2.69. The van der Waals surface area contributed by atoms with Crippen LogP contribution in [0.4, 0.5) is 5.69 Å². The summed E-state index contributed by atoms with van der Waals surface area (Å²) in [5, 5.41) is 0. The minimum Gasteiger partial charge on any atom is -0.495 e. The predicted octanol–water partition coefficient (Wildman–Crippen LogP) is 2.45. The lowest BCUT2D eigenvalue weighted by Gasteiger charge is -2.13. The Morgan fingerprint density at radius 2 is 2.23 bits per heavy atom. The highest BCUT2D eigenvalue weighted by Crippen LogP contribution is 2.36. The molecule has 0 fully saturated rings. The van der Waals surface area contributed by atoms with E-state index in [4.69, 9.17) is 4.74 Å². The molecule has 0 aliphatic carbocycles. The SMILES string of the molecule is COc1cc2c(cc1Br)CCN2C. The van der Waals surface area contributed by atoms with Crippen molar-refractivity contribution in [2.24, 2.45) is 0 Å². The van der Waals surface area contributed by atoms with E-state index in [0.29, 0.717) is 0 Å². The highest BCUT2D eigenvalue weighted by atomic mass is 79.9. The fourth-order valence-electron chi connectivity index (χ4n) is 1.70. The Balaban J connectivity index is 2.51. The Hall–Kier alpha value is -0.700. The number of hydrogen-bond acceptors (Lipinski definition) is 2. The maximum atomic E-state index is 5.25. The van der Waals surface area contributed by atoms with Gasteiger partial charge in [-0.25, -0.2) is 0 Å². The van der Waals surface area contributed by atoms with E-state index in [1.807, 2.05) is 0 Å². The zero-order valence-electron chi connectivity index (χ0n) is 7.80. The summed E-state index contributed by atoms with van der Waals surface area (Å²) in [6, 6.07) is 4.24. The van der Waals surface area contributed by atoms with Crippen molar-refractivity contribution < 1.29 is 4.74 Å². The molecule has 0 spiro atoms. The van der Waals surface area contributed by atoms with E-state index in [0.717, 1.165) is 23.2 Å². The Kier molecular flexibility index (Phi) is 2.20. The van der Waals surface area contributed by atoms with Gasteiger partial charge in [0.1, 0.15) is 5.75 Å². The van der Waals surface area contributed by atoms with Gasteiger partial charge < -0.3 is 9.64 Å². The number of hydrogen-bond donors (Lipinski definition) is 0. The first kappa shape index (κ1) is 8.88. The van der Waals surface area contributed by atoms with Crippen molar-refractivity contribution in [3.63, 3.8) is 0 Å². The minimum absolute atomic E-state index is 0.910. The third-order valence-corrected chi connectivity index (χ3v) is 3.10. The van der Waals surface area contributed by atoms with Crippen LogP contribution in [0.3, 0.4) is 0 Å². The van der Waals surface area contributed by atoms with Crippen molar-refractivity contribution >= 4 is 21.6 Å². The molecule has 0 amide bonds. The van der Waals surface area contributed by atoms with Crippen molar-refractivity contribution in [1.82, 2.24) is 0 Å². The monoisotopic (exact) mass is 241 g/mol. The third kappa shape index (κ3) is 1.41. The number of nitrogens with zero attached hydrogens (tertiary/aromatic N) is 1. The van der Waals surface area contributed by atoms with Gasteiger partial charge >= 0.3 is 0 Å². The lowest BCUT2D eigenvalue weighted by atomic mass is 10.1. The van der Waals surface area contributed by atoms with Crippen LogP contribution in [0.25, 0.3) is 0 Å². The molecule has 1 heterocycles. The molecule has 0 bridgehead atoms. The van der Waals surface area contributed by atoms with Gasteiger partial charge in [-0.2, -0.15) is 0 Å². The molecule has 0 aromatic heterocycles. The summed E-state index contributed by atoms with van der Waals surface area (Å²) in [7, 11) is 3.81. The lowest BCUT2D eigenvalue weighted by Crippen LogP contribution is -2.12. The number of benzene rings is 1. The van der Waals surface area contributed by atoms with Gasteiger partial charge in [-0.05, 0) is 34.0 Å². The smallest absolute Gasteiger partial charge is 0.135 e. The Morgan fingerprint density at radius 1 is 1.46 bits per heavy atom. The minimum atomic E-state index is 0.910. The maximum Gasteiger partial charge on any atom is 0.135 e. The van der Waals surface area contributed by atoms with Gasteiger partial charge in [0.15, 0.2) is 0 Å². The summed E-state index contributed by atoms with van der Waals surface area (Å²) in [5.74, 6) is 0.910. The van der Waals surface area contributed by atoms with Crippen molar-refractivity contribution in [1.29, 1.82) is 0 Å². The van der Waals surface area contributed by atoms with Gasteiger partial charge in [0.25, 0.3) is 0 Å². The van der Waals surface area contributed by atoms with Crippen molar-refractivity contribution in [2.45, 2.75) is 6.42 Å². The maximum absolute atomic E-state index is 5.25. The van der Waals surface area contributed by atoms with Gasteiger partial charge in [0.05, 0.1) is 11.6 Å². The second kappa shape index (κ2) is 3.22. The van der Waals surface area contributed by atoms with Crippen molar-refractivity contribution in [2.75, 3.05) is 25.6 Å². The number of ether oxygens (including phenoxy) is 1. The summed E-state index contributed by atoms with van der Waals surface area (Å²) >= 11 is 3.49. The number of fused-ring (bicyclic) bond motifs is 1. The average molecular weight is 242 g/mol. The normalized spacial score (nSPS) is 14.5. The molecule has 13 heavy (non-hydrogen) atoms. The topological polar surface area (TPSA) is 12.5 Å². The quantitative estimate of drug-likeness (QED) is 0.750. The van der Waals surface area contributed by atoms with Crippen LogP contribution in [0.15, 0.2) is 16.6 Å². The van der Waals surface area contributed by atoms with E-state index in [1.54, 1.807) is 7.11 Å². The molecule has 3 heteroatoms. The van der Waals surface area contributed by atoms with E-state index < -0.39 is 0 Å². The zero-order chi connectivity index (χ0) is 9.42. The molecule has 2 rings (SSSR count). The number of likely N-dealkylation sites (N-methyl/N-ethyl adjacent to an activating group) is 1. The van der Waals surface area contributed by atoms with Crippen LogP contribution in [0.5, 0.6) is 5.75 Å². The summed E-state index contributed by atoms with van der Waals surface area (Å²) in [4.78, 5) is 2.25. The molecular formula is C10H12BrNO. The van der Waals surface area contributed by atoms with Crippen LogP contribution in [-0.2, 0) is 6.42 Å². The van der Waals surface area contributed by atoms with Crippen LogP contribution in [0.1, 0.15) is 5.56 Å². The van der Waals surface area contributed by atoms with Gasteiger partial charge in [-0.3, -0.25) is 0 Å². The van der Waals surface area contributed by atoms with Crippen LogP contribution in [0, 0.1) is 0 Å². The second-order valence-corrected chi connectivity index (χ2v) is 4.14. The first-order valence-corrected chi connectivity index (χ1v) is 5.09. The highest BCUT2D eigenvalue weighted by molar-refractivity contribution is 9.10. The molecule has 1 aromatic rings. The molecule has 0 saturated carbocycles. The first-order valence-electron chi connectivity index (χ1n) is 4.30. The number of methoxy groups -OCH3 is 1. The molecule has 70 valence electrons. The number of halogens is 1. The van der Waals surface area contributed by atoms with Crippen LogP contribution < -0.4 is 9.64 Å². The van der Waals surface area contributed by atoms with E-state index in [1.165, 1.54) is 11.3 Å². The summed E-state index contributed by atoms with van der Waals surface area (Å²) in [6.45, 7) is 1.11. The molecule has 1 aromatic carbocycles.